The molecular weight excluding hydrogens is 342 g/mol. The Morgan fingerprint density at radius 1 is 1.07 bits per heavy atom. The number of rotatable bonds is 5. The first-order valence-corrected chi connectivity index (χ1v) is 9.45. The summed E-state index contributed by atoms with van der Waals surface area (Å²) in [4.78, 5) is 14.4. The molecule has 2 aromatic rings. The summed E-state index contributed by atoms with van der Waals surface area (Å²) < 4.78 is 10.9. The highest BCUT2D eigenvalue weighted by Crippen LogP contribution is 2.37. The number of nitrogens with zero attached hydrogens (tertiary/aromatic N) is 1. The van der Waals surface area contributed by atoms with E-state index in [1.54, 1.807) is 12.1 Å². The number of likely N-dealkylation sites (tertiary alicyclic amines) is 1. The second-order valence-corrected chi connectivity index (χ2v) is 7.91. The highest BCUT2D eigenvalue weighted by Gasteiger charge is 2.35. The van der Waals surface area contributed by atoms with E-state index in [9.17, 15) is 9.90 Å². The van der Waals surface area contributed by atoms with Gasteiger partial charge in [-0.15, -0.1) is 0 Å². The smallest absolute Gasteiger partial charge is 0.231 e. The molecule has 1 amide bonds. The Morgan fingerprint density at radius 2 is 1.81 bits per heavy atom. The minimum atomic E-state index is 0.0521. The van der Waals surface area contributed by atoms with Gasteiger partial charge in [0, 0.05) is 19.5 Å². The number of phenols is 1. The third kappa shape index (κ3) is 4.02. The number of carbonyl (C=O) groups is 1. The molecule has 4 rings (SSSR count). The molecule has 5 nitrogen and oxygen atoms in total. The second-order valence-electron chi connectivity index (χ2n) is 7.91. The van der Waals surface area contributed by atoms with Crippen molar-refractivity contribution in [3.05, 3.63) is 53.6 Å². The van der Waals surface area contributed by atoms with Gasteiger partial charge >= 0.3 is 0 Å². The van der Waals surface area contributed by atoms with E-state index in [0.717, 1.165) is 42.9 Å². The predicted octanol–water partition coefficient (Wildman–Crippen LogP) is 3.53. The Morgan fingerprint density at radius 3 is 2.63 bits per heavy atom. The average molecular weight is 367 g/mol. The lowest BCUT2D eigenvalue weighted by atomic mass is 9.76. The van der Waals surface area contributed by atoms with Crippen LogP contribution in [0.15, 0.2) is 42.5 Å². The Bertz CT molecular complexity index is 833. The molecule has 0 spiro atoms. The van der Waals surface area contributed by atoms with Crippen LogP contribution in [0.1, 0.15) is 30.9 Å². The summed E-state index contributed by atoms with van der Waals surface area (Å²) >= 11 is 0. The molecule has 1 saturated heterocycles. The standard InChI is InChI=1S/C22H25NO4/c1-22(13-17-4-7-19-20(12-17)27-15-26-19)10-8-21(25)23(14-22)11-9-16-2-5-18(24)6-3-16/h2-7,12,24H,8-11,13-15H2,1H3. The first kappa shape index (κ1) is 17.7. The molecule has 142 valence electrons. The normalized spacial score (nSPS) is 21.5. The summed E-state index contributed by atoms with van der Waals surface area (Å²) in [5, 5.41) is 9.40. The molecule has 0 radical (unpaired) electrons. The quantitative estimate of drug-likeness (QED) is 0.878. The predicted molar refractivity (Wildman–Crippen MR) is 102 cm³/mol. The summed E-state index contributed by atoms with van der Waals surface area (Å²) in [6.07, 6.45) is 3.20. The SMILES string of the molecule is CC1(Cc2ccc3c(c2)OCO3)CCC(=O)N(CCc2ccc(O)cc2)C1. The summed E-state index contributed by atoms with van der Waals surface area (Å²) in [5.41, 5.74) is 2.40. The Labute approximate surface area is 159 Å². The van der Waals surface area contributed by atoms with Gasteiger partial charge in [0.25, 0.3) is 0 Å². The van der Waals surface area contributed by atoms with Crippen molar-refractivity contribution in [1.29, 1.82) is 0 Å². The van der Waals surface area contributed by atoms with Crippen LogP contribution in [0.3, 0.4) is 0 Å². The first-order chi connectivity index (χ1) is 13.0. The second kappa shape index (κ2) is 7.14. The van der Waals surface area contributed by atoms with Gasteiger partial charge in [-0.05, 0) is 60.1 Å². The topological polar surface area (TPSA) is 59.0 Å². The fourth-order valence-corrected chi connectivity index (χ4v) is 4.01. The Hall–Kier alpha value is -2.69. The highest BCUT2D eigenvalue weighted by atomic mass is 16.7. The van der Waals surface area contributed by atoms with Crippen molar-refractivity contribution in [3.63, 3.8) is 0 Å². The van der Waals surface area contributed by atoms with Gasteiger partial charge in [0.2, 0.25) is 12.7 Å². The van der Waals surface area contributed by atoms with E-state index in [1.807, 2.05) is 23.1 Å². The van der Waals surface area contributed by atoms with Crippen LogP contribution < -0.4 is 9.47 Å². The van der Waals surface area contributed by atoms with E-state index in [2.05, 4.69) is 19.1 Å². The van der Waals surface area contributed by atoms with Gasteiger partial charge in [0.1, 0.15) is 5.75 Å². The maximum atomic E-state index is 12.4. The highest BCUT2D eigenvalue weighted by molar-refractivity contribution is 5.77. The van der Waals surface area contributed by atoms with E-state index >= 15 is 0 Å². The van der Waals surface area contributed by atoms with Crippen LogP contribution in [-0.4, -0.2) is 35.8 Å². The van der Waals surface area contributed by atoms with Crippen molar-refractivity contribution in [3.8, 4) is 17.2 Å². The van der Waals surface area contributed by atoms with Gasteiger partial charge in [0.05, 0.1) is 0 Å². The molecule has 27 heavy (non-hydrogen) atoms. The van der Waals surface area contributed by atoms with E-state index < -0.39 is 0 Å². The van der Waals surface area contributed by atoms with E-state index in [0.29, 0.717) is 13.0 Å². The van der Waals surface area contributed by atoms with Crippen LogP contribution >= 0.6 is 0 Å². The lowest BCUT2D eigenvalue weighted by Crippen LogP contribution is -2.46. The fourth-order valence-electron chi connectivity index (χ4n) is 4.01. The lowest BCUT2D eigenvalue weighted by molar-refractivity contribution is -0.137. The summed E-state index contributed by atoms with van der Waals surface area (Å²) in [6, 6.07) is 13.3. The molecule has 1 N–H and O–H groups in total. The molecule has 5 heteroatoms. The molecule has 2 aromatic carbocycles. The van der Waals surface area contributed by atoms with Crippen molar-refractivity contribution in [2.24, 2.45) is 5.41 Å². The summed E-state index contributed by atoms with van der Waals surface area (Å²) in [5.74, 6) is 2.12. The monoisotopic (exact) mass is 367 g/mol. The number of piperidine rings is 1. The van der Waals surface area contributed by atoms with Crippen LogP contribution in [0, 0.1) is 5.41 Å². The van der Waals surface area contributed by atoms with Gasteiger partial charge in [-0.3, -0.25) is 4.79 Å². The fraction of sp³-hybridized carbons (Fsp3) is 0.409. The average Bonchev–Trinajstić information content (AvgIpc) is 3.12. The zero-order valence-electron chi connectivity index (χ0n) is 15.6. The van der Waals surface area contributed by atoms with Gasteiger partial charge in [-0.2, -0.15) is 0 Å². The molecule has 0 aromatic heterocycles. The summed E-state index contributed by atoms with van der Waals surface area (Å²) in [7, 11) is 0. The van der Waals surface area contributed by atoms with Gasteiger partial charge in [0.15, 0.2) is 11.5 Å². The van der Waals surface area contributed by atoms with Gasteiger partial charge < -0.3 is 19.5 Å². The largest absolute Gasteiger partial charge is 0.508 e. The number of hydrogen-bond acceptors (Lipinski definition) is 4. The van der Waals surface area contributed by atoms with Crippen molar-refractivity contribution in [1.82, 2.24) is 4.90 Å². The first-order valence-electron chi connectivity index (χ1n) is 9.45. The molecule has 0 saturated carbocycles. The molecule has 2 heterocycles. The van der Waals surface area contributed by atoms with Gasteiger partial charge in [-0.1, -0.05) is 25.1 Å². The minimum absolute atomic E-state index is 0.0521. The Balaban J connectivity index is 1.41. The van der Waals surface area contributed by atoms with E-state index in [1.165, 1.54) is 5.56 Å². The zero-order valence-corrected chi connectivity index (χ0v) is 15.6. The minimum Gasteiger partial charge on any atom is -0.508 e. The molecule has 2 aliphatic rings. The number of carbonyl (C=O) groups excluding carboxylic acids is 1. The molecule has 0 aliphatic carbocycles. The molecule has 2 aliphatic heterocycles. The van der Waals surface area contributed by atoms with E-state index in [4.69, 9.17) is 9.47 Å². The number of fused-ring (bicyclic) bond motifs is 1. The Kier molecular flexibility index (Phi) is 4.68. The maximum absolute atomic E-state index is 12.4. The lowest BCUT2D eigenvalue weighted by Gasteiger charge is -2.40. The third-order valence-electron chi connectivity index (χ3n) is 5.54. The van der Waals surface area contributed by atoms with Gasteiger partial charge in [-0.25, -0.2) is 0 Å². The molecular formula is C22H25NO4. The number of hydrogen-bond donors (Lipinski definition) is 1. The van der Waals surface area contributed by atoms with Crippen LogP contribution in [-0.2, 0) is 17.6 Å². The maximum Gasteiger partial charge on any atom is 0.231 e. The van der Waals surface area contributed by atoms with Crippen molar-refractivity contribution >= 4 is 5.91 Å². The molecule has 1 atom stereocenters. The number of aromatic hydroxyl groups is 1. The van der Waals surface area contributed by atoms with Crippen LogP contribution in [0.2, 0.25) is 0 Å². The van der Waals surface area contributed by atoms with Crippen LogP contribution in [0.4, 0.5) is 0 Å². The van der Waals surface area contributed by atoms with Crippen LogP contribution in [0.25, 0.3) is 0 Å². The summed E-state index contributed by atoms with van der Waals surface area (Å²) in [6.45, 7) is 4.02. The molecule has 1 fully saturated rings. The molecule has 0 bridgehead atoms. The van der Waals surface area contributed by atoms with Crippen molar-refractivity contribution in [2.75, 3.05) is 19.9 Å². The number of benzene rings is 2. The number of ether oxygens (including phenoxy) is 2. The molecule has 1 unspecified atom stereocenters. The zero-order chi connectivity index (χ0) is 18.9. The van der Waals surface area contributed by atoms with Crippen molar-refractivity contribution in [2.45, 2.75) is 32.6 Å². The van der Waals surface area contributed by atoms with E-state index in [-0.39, 0.29) is 23.9 Å². The third-order valence-corrected chi connectivity index (χ3v) is 5.54. The number of phenolic OH excluding ortho intramolecular Hbond substituents is 1. The van der Waals surface area contributed by atoms with Crippen LogP contribution in [0.5, 0.6) is 17.2 Å². The van der Waals surface area contributed by atoms with Crippen molar-refractivity contribution < 1.29 is 19.4 Å². The number of amides is 1.